The molecule has 0 bridgehead atoms. The number of amides is 1. The maximum atomic E-state index is 13.4. The van der Waals surface area contributed by atoms with Crippen LogP contribution in [0, 0.1) is 0 Å². The molecule has 0 spiro atoms. The number of rotatable bonds is 8. The van der Waals surface area contributed by atoms with E-state index in [9.17, 15) is 14.7 Å². The van der Waals surface area contributed by atoms with Gasteiger partial charge in [0.05, 0.1) is 11.6 Å². The van der Waals surface area contributed by atoms with Crippen LogP contribution in [0.1, 0.15) is 35.2 Å². The summed E-state index contributed by atoms with van der Waals surface area (Å²) in [7, 11) is 3.83. The van der Waals surface area contributed by atoms with Crippen molar-refractivity contribution in [3.05, 3.63) is 101 Å². The van der Waals surface area contributed by atoms with E-state index in [1.54, 1.807) is 11.0 Å². The number of nitrogens with zero attached hydrogens (tertiary/aromatic N) is 2. The lowest BCUT2D eigenvalue weighted by Crippen LogP contribution is -2.35. The Hall–Kier alpha value is -4.10. The number of hydrogen-bond acceptors (Lipinski definition) is 6. The Balaban J connectivity index is 1.53. The summed E-state index contributed by atoms with van der Waals surface area (Å²) in [4.78, 5) is 30.1. The number of likely N-dealkylation sites (tertiary alicyclic amines) is 1. The fourth-order valence-electron chi connectivity index (χ4n) is 5.01. The first-order valence-corrected chi connectivity index (χ1v) is 12.8. The van der Waals surface area contributed by atoms with Crippen LogP contribution < -0.4 is 9.47 Å². The maximum absolute atomic E-state index is 13.4. The second-order valence-electron chi connectivity index (χ2n) is 10.1. The van der Waals surface area contributed by atoms with Crippen molar-refractivity contribution in [1.29, 1.82) is 0 Å². The van der Waals surface area contributed by atoms with Gasteiger partial charge in [0.15, 0.2) is 0 Å². The van der Waals surface area contributed by atoms with E-state index in [1.165, 1.54) is 0 Å². The number of aliphatic hydroxyl groups excluding tert-OH is 1. The van der Waals surface area contributed by atoms with Gasteiger partial charge in [-0.2, -0.15) is 0 Å². The van der Waals surface area contributed by atoms with Crippen molar-refractivity contribution in [2.24, 2.45) is 0 Å². The molecule has 0 aromatic heterocycles. The van der Waals surface area contributed by atoms with Gasteiger partial charge in [-0.15, -0.1) is 0 Å². The van der Waals surface area contributed by atoms with Crippen LogP contribution in [0.3, 0.4) is 0 Å². The smallest absolute Gasteiger partial charge is 0.295 e. The Labute approximate surface area is 222 Å². The van der Waals surface area contributed by atoms with E-state index in [0.717, 1.165) is 23.3 Å². The van der Waals surface area contributed by atoms with Crippen LogP contribution in [0.25, 0.3) is 5.76 Å². The molecule has 0 saturated carbocycles. The van der Waals surface area contributed by atoms with E-state index in [1.807, 2.05) is 92.6 Å². The number of hydrogen-bond donors (Lipinski definition) is 1. The highest BCUT2D eigenvalue weighted by molar-refractivity contribution is 6.46. The van der Waals surface area contributed by atoms with Gasteiger partial charge in [-0.25, -0.2) is 0 Å². The van der Waals surface area contributed by atoms with Crippen LogP contribution in [0.4, 0.5) is 0 Å². The summed E-state index contributed by atoms with van der Waals surface area (Å²) >= 11 is 0. The largest absolute Gasteiger partial charge is 0.507 e. The highest BCUT2D eigenvalue weighted by Crippen LogP contribution is 2.41. The highest BCUT2D eigenvalue weighted by Gasteiger charge is 2.46. The summed E-state index contributed by atoms with van der Waals surface area (Å²) in [6.45, 7) is 3.29. The van der Waals surface area contributed by atoms with E-state index in [4.69, 9.17) is 9.47 Å². The maximum Gasteiger partial charge on any atom is 0.295 e. The SMILES string of the molecule is C[C@@H]1Cc2cc(/C(O)=C3\C(=O)C(=O)N(CCN(C)C)[C@@H]3c3cccc(OCc4ccccc4)c3)ccc2O1. The second-order valence-corrected chi connectivity index (χ2v) is 10.1. The van der Waals surface area contributed by atoms with Gasteiger partial charge in [0.1, 0.15) is 30.0 Å². The van der Waals surface area contributed by atoms with Gasteiger partial charge in [0, 0.05) is 25.1 Å². The van der Waals surface area contributed by atoms with E-state index >= 15 is 0 Å². The van der Waals surface area contributed by atoms with E-state index < -0.39 is 17.7 Å². The molecule has 3 aromatic carbocycles. The zero-order valence-electron chi connectivity index (χ0n) is 21.9. The predicted octanol–water partition coefficient (Wildman–Crippen LogP) is 4.57. The van der Waals surface area contributed by atoms with Gasteiger partial charge in [-0.1, -0.05) is 42.5 Å². The molecule has 1 saturated heterocycles. The quantitative estimate of drug-likeness (QED) is 0.271. The molecule has 2 aliphatic heterocycles. The van der Waals surface area contributed by atoms with Crippen LogP contribution in [-0.4, -0.2) is 59.9 Å². The van der Waals surface area contributed by atoms with Gasteiger partial charge in [-0.3, -0.25) is 9.59 Å². The van der Waals surface area contributed by atoms with Crippen LogP contribution in [0.15, 0.2) is 78.4 Å². The van der Waals surface area contributed by atoms with Gasteiger partial charge in [-0.05, 0) is 68.0 Å². The summed E-state index contributed by atoms with van der Waals surface area (Å²) < 4.78 is 11.8. The zero-order valence-corrected chi connectivity index (χ0v) is 21.9. The molecule has 7 heteroatoms. The van der Waals surface area contributed by atoms with Gasteiger partial charge < -0.3 is 24.4 Å². The Morgan fingerprint density at radius 3 is 2.61 bits per heavy atom. The standard InChI is InChI=1S/C31H32N2O5/c1-20-16-24-17-23(12-13-26(24)38-20)29(34)27-28(33(15-14-32(2)3)31(36)30(27)35)22-10-7-11-25(18-22)37-19-21-8-5-4-6-9-21/h4-13,17-18,20,28,34H,14-16,19H2,1-3H3/b29-27+/t20-,28-/m1/s1. The van der Waals surface area contributed by atoms with Crippen LogP contribution in [0.2, 0.25) is 0 Å². The fourth-order valence-corrected chi connectivity index (χ4v) is 5.01. The summed E-state index contributed by atoms with van der Waals surface area (Å²) in [5.41, 5.74) is 3.28. The van der Waals surface area contributed by atoms with Gasteiger partial charge >= 0.3 is 0 Å². The van der Waals surface area contributed by atoms with Gasteiger partial charge in [0.2, 0.25) is 0 Å². The minimum absolute atomic E-state index is 0.0534. The summed E-state index contributed by atoms with van der Waals surface area (Å²) in [5, 5.41) is 11.5. The molecular formula is C31H32N2O5. The number of ketones is 1. The Kier molecular flexibility index (Phi) is 7.20. The summed E-state index contributed by atoms with van der Waals surface area (Å²) in [5.74, 6) is -0.0914. The molecule has 3 aromatic rings. The average molecular weight is 513 g/mol. The average Bonchev–Trinajstić information content (AvgIpc) is 3.41. The number of fused-ring (bicyclic) bond motifs is 1. The normalized spacial score (nSPS) is 20.1. The van der Waals surface area contributed by atoms with Crippen molar-refractivity contribution in [2.45, 2.75) is 32.1 Å². The molecule has 196 valence electrons. The number of ether oxygens (including phenoxy) is 2. The van der Waals surface area contributed by atoms with Crippen molar-refractivity contribution in [2.75, 3.05) is 27.2 Å². The highest BCUT2D eigenvalue weighted by atomic mass is 16.5. The van der Waals surface area contributed by atoms with Crippen molar-refractivity contribution < 1.29 is 24.2 Å². The van der Waals surface area contributed by atoms with E-state index in [0.29, 0.717) is 36.6 Å². The minimum Gasteiger partial charge on any atom is -0.507 e. The van der Waals surface area contributed by atoms with Crippen molar-refractivity contribution >= 4 is 17.4 Å². The third kappa shape index (κ3) is 5.15. The van der Waals surface area contributed by atoms with Crippen LogP contribution in [0.5, 0.6) is 11.5 Å². The van der Waals surface area contributed by atoms with Crippen molar-refractivity contribution in [3.63, 3.8) is 0 Å². The molecule has 0 aliphatic carbocycles. The Bertz CT molecular complexity index is 1380. The second kappa shape index (κ2) is 10.7. The number of likely N-dealkylation sites (N-methyl/N-ethyl adjacent to an activating group) is 1. The molecule has 7 nitrogen and oxygen atoms in total. The molecule has 2 aliphatic rings. The number of Topliss-reactive ketones (excluding diaryl/α,β-unsaturated/α-hetero) is 1. The third-order valence-corrected chi connectivity index (χ3v) is 6.92. The summed E-state index contributed by atoms with van der Waals surface area (Å²) in [6.07, 6.45) is 0.773. The molecular weight excluding hydrogens is 480 g/mol. The first-order valence-electron chi connectivity index (χ1n) is 12.8. The third-order valence-electron chi connectivity index (χ3n) is 6.92. The number of benzene rings is 3. The molecule has 1 fully saturated rings. The number of carbonyl (C=O) groups is 2. The molecule has 2 atom stereocenters. The first-order chi connectivity index (χ1) is 18.3. The monoisotopic (exact) mass is 512 g/mol. The number of carbonyl (C=O) groups excluding carboxylic acids is 2. The zero-order chi connectivity index (χ0) is 26.8. The van der Waals surface area contributed by atoms with Crippen LogP contribution >= 0.6 is 0 Å². The van der Waals surface area contributed by atoms with Crippen molar-refractivity contribution in [1.82, 2.24) is 9.80 Å². The fraction of sp³-hybridized carbons (Fsp3) is 0.290. The molecule has 5 rings (SSSR count). The lowest BCUT2D eigenvalue weighted by atomic mass is 9.94. The molecule has 1 amide bonds. The van der Waals surface area contributed by atoms with Gasteiger partial charge in [0.25, 0.3) is 11.7 Å². The Morgan fingerprint density at radius 1 is 1.05 bits per heavy atom. The predicted molar refractivity (Wildman–Crippen MR) is 145 cm³/mol. The molecule has 2 heterocycles. The Morgan fingerprint density at radius 2 is 1.84 bits per heavy atom. The lowest BCUT2D eigenvalue weighted by molar-refractivity contribution is -0.140. The topological polar surface area (TPSA) is 79.3 Å². The van der Waals surface area contributed by atoms with Crippen molar-refractivity contribution in [3.8, 4) is 11.5 Å². The van der Waals surface area contributed by atoms with E-state index in [2.05, 4.69) is 0 Å². The molecule has 1 N–H and O–H groups in total. The summed E-state index contributed by atoms with van der Waals surface area (Å²) in [6, 6.07) is 21.9. The first kappa shape index (κ1) is 25.5. The van der Waals surface area contributed by atoms with Crippen LogP contribution in [-0.2, 0) is 22.6 Å². The molecule has 0 radical (unpaired) electrons. The molecule has 38 heavy (non-hydrogen) atoms. The van der Waals surface area contributed by atoms with E-state index in [-0.39, 0.29) is 17.4 Å². The number of aliphatic hydroxyl groups is 1. The minimum atomic E-state index is -0.737. The molecule has 0 unspecified atom stereocenters. The lowest BCUT2D eigenvalue weighted by Gasteiger charge is -2.27.